The number of halogens is 1. The molecule has 0 saturated heterocycles. The van der Waals surface area contributed by atoms with Gasteiger partial charge in [0.15, 0.2) is 11.6 Å². The lowest BCUT2D eigenvalue weighted by atomic mass is 10.00. The summed E-state index contributed by atoms with van der Waals surface area (Å²) in [5.41, 5.74) is 2.35. The summed E-state index contributed by atoms with van der Waals surface area (Å²) in [5.74, 6) is -0.158. The molecule has 3 rings (SSSR count). The average Bonchev–Trinajstić information content (AvgIpc) is 2.50. The molecule has 0 aliphatic heterocycles. The van der Waals surface area contributed by atoms with E-state index in [0.29, 0.717) is 5.52 Å². The van der Waals surface area contributed by atoms with Crippen molar-refractivity contribution in [3.05, 3.63) is 60.5 Å². The number of fused-ring (bicyclic) bond motifs is 1. The lowest BCUT2D eigenvalue weighted by Gasteiger charge is -2.15. The predicted octanol–water partition coefficient (Wildman–Crippen LogP) is 4.83. The van der Waals surface area contributed by atoms with Crippen molar-refractivity contribution in [2.75, 3.05) is 0 Å². The summed E-state index contributed by atoms with van der Waals surface area (Å²) in [7, 11) is 0. The number of benzene rings is 2. The zero-order valence-electron chi connectivity index (χ0n) is 12.0. The molecular weight excluding hydrogens is 265 g/mol. The van der Waals surface area contributed by atoms with E-state index in [-0.39, 0.29) is 17.7 Å². The molecule has 3 heteroatoms. The molecule has 0 spiro atoms. The third kappa shape index (κ3) is 2.59. The number of hydrogen-bond acceptors (Lipinski definition) is 2. The Balaban J connectivity index is 2.29. The second-order valence-electron chi connectivity index (χ2n) is 5.17. The summed E-state index contributed by atoms with van der Waals surface area (Å²) >= 11 is 0. The van der Waals surface area contributed by atoms with Crippen molar-refractivity contribution in [2.24, 2.45) is 0 Å². The van der Waals surface area contributed by atoms with E-state index in [0.717, 1.165) is 16.5 Å². The molecule has 2 aromatic carbocycles. The van der Waals surface area contributed by atoms with Gasteiger partial charge in [-0.25, -0.2) is 4.39 Å². The van der Waals surface area contributed by atoms with Crippen LogP contribution in [0, 0.1) is 5.82 Å². The Hall–Kier alpha value is -2.42. The van der Waals surface area contributed by atoms with E-state index in [2.05, 4.69) is 4.98 Å². The average molecular weight is 281 g/mol. The Morgan fingerprint density at radius 2 is 1.81 bits per heavy atom. The van der Waals surface area contributed by atoms with Crippen LogP contribution in [0.25, 0.3) is 22.0 Å². The number of hydrogen-bond donors (Lipinski definition) is 0. The van der Waals surface area contributed by atoms with Crippen LogP contribution in [0.4, 0.5) is 4.39 Å². The molecule has 0 atom stereocenters. The smallest absolute Gasteiger partial charge is 0.181 e. The summed E-state index contributed by atoms with van der Waals surface area (Å²) in [6, 6.07) is 15.1. The van der Waals surface area contributed by atoms with Gasteiger partial charge in [-0.2, -0.15) is 0 Å². The Kier molecular flexibility index (Phi) is 3.57. The maximum atomic E-state index is 14.5. The lowest BCUT2D eigenvalue weighted by molar-refractivity contribution is 0.234. The first kappa shape index (κ1) is 13.6. The molecule has 0 saturated carbocycles. The number of nitrogens with zero attached hydrogens (tertiary/aromatic N) is 1. The molecule has 0 aliphatic rings. The third-order valence-corrected chi connectivity index (χ3v) is 3.24. The predicted molar refractivity (Wildman–Crippen MR) is 82.9 cm³/mol. The normalized spacial score (nSPS) is 11.0. The van der Waals surface area contributed by atoms with Crippen molar-refractivity contribution in [2.45, 2.75) is 20.0 Å². The SMILES string of the molecule is CC(C)Oc1c(F)cc(-c2ccccc2)c2cccnc12. The van der Waals surface area contributed by atoms with E-state index in [9.17, 15) is 4.39 Å². The van der Waals surface area contributed by atoms with Gasteiger partial charge in [0.1, 0.15) is 5.52 Å². The van der Waals surface area contributed by atoms with Crippen LogP contribution in [0.5, 0.6) is 5.75 Å². The van der Waals surface area contributed by atoms with E-state index in [1.54, 1.807) is 6.20 Å². The van der Waals surface area contributed by atoms with Crippen molar-refractivity contribution < 1.29 is 9.13 Å². The quantitative estimate of drug-likeness (QED) is 0.686. The third-order valence-electron chi connectivity index (χ3n) is 3.24. The van der Waals surface area contributed by atoms with Gasteiger partial charge in [-0.1, -0.05) is 36.4 Å². The zero-order valence-corrected chi connectivity index (χ0v) is 12.0. The van der Waals surface area contributed by atoms with Crippen molar-refractivity contribution >= 4 is 10.9 Å². The fraction of sp³-hybridized carbons (Fsp3) is 0.167. The molecule has 0 bridgehead atoms. The highest BCUT2D eigenvalue weighted by Gasteiger charge is 2.16. The summed E-state index contributed by atoms with van der Waals surface area (Å²) in [6.07, 6.45) is 1.55. The highest BCUT2D eigenvalue weighted by atomic mass is 19.1. The molecule has 1 aromatic heterocycles. The molecule has 0 aliphatic carbocycles. The second kappa shape index (κ2) is 5.52. The number of aromatic nitrogens is 1. The van der Waals surface area contributed by atoms with Crippen LogP contribution in [0.3, 0.4) is 0 Å². The largest absolute Gasteiger partial charge is 0.486 e. The van der Waals surface area contributed by atoms with Crippen LogP contribution in [0.2, 0.25) is 0 Å². The van der Waals surface area contributed by atoms with Crippen LogP contribution in [0.15, 0.2) is 54.7 Å². The first-order valence-corrected chi connectivity index (χ1v) is 6.96. The summed E-state index contributed by atoms with van der Waals surface area (Å²) in [4.78, 5) is 4.32. The van der Waals surface area contributed by atoms with Gasteiger partial charge in [-0.15, -0.1) is 0 Å². The van der Waals surface area contributed by atoms with E-state index >= 15 is 0 Å². The van der Waals surface area contributed by atoms with Crippen LogP contribution in [0.1, 0.15) is 13.8 Å². The van der Waals surface area contributed by atoms with E-state index in [1.165, 1.54) is 6.07 Å². The maximum absolute atomic E-state index is 14.5. The molecule has 0 N–H and O–H groups in total. The fourth-order valence-electron chi connectivity index (χ4n) is 2.39. The summed E-state index contributed by atoms with van der Waals surface area (Å²) in [6.45, 7) is 3.75. The standard InChI is InChI=1S/C18H16FNO/c1-12(2)21-18-16(19)11-15(13-7-4-3-5-8-13)14-9-6-10-20-17(14)18/h3-12H,1-2H3. The van der Waals surface area contributed by atoms with Crippen molar-refractivity contribution in [3.63, 3.8) is 0 Å². The molecule has 0 unspecified atom stereocenters. The highest BCUT2D eigenvalue weighted by Crippen LogP contribution is 2.35. The Labute approximate surface area is 123 Å². The monoisotopic (exact) mass is 281 g/mol. The molecule has 1 heterocycles. The summed E-state index contributed by atoms with van der Waals surface area (Å²) in [5, 5.41) is 0.890. The Morgan fingerprint density at radius 1 is 1.05 bits per heavy atom. The molecule has 3 aromatic rings. The van der Waals surface area contributed by atoms with Crippen molar-refractivity contribution in [1.82, 2.24) is 4.98 Å². The first-order valence-electron chi connectivity index (χ1n) is 6.96. The van der Waals surface area contributed by atoms with Crippen LogP contribution >= 0.6 is 0 Å². The highest BCUT2D eigenvalue weighted by molar-refractivity contribution is 5.97. The minimum atomic E-state index is -0.381. The van der Waals surface area contributed by atoms with E-state index < -0.39 is 0 Å². The molecule has 106 valence electrons. The molecular formula is C18H16FNO. The lowest BCUT2D eigenvalue weighted by Crippen LogP contribution is -2.08. The van der Waals surface area contributed by atoms with Gasteiger partial charge in [0, 0.05) is 11.6 Å². The second-order valence-corrected chi connectivity index (χ2v) is 5.17. The topological polar surface area (TPSA) is 22.1 Å². The van der Waals surface area contributed by atoms with Gasteiger partial charge >= 0.3 is 0 Å². The van der Waals surface area contributed by atoms with Gasteiger partial charge in [-0.3, -0.25) is 4.98 Å². The van der Waals surface area contributed by atoms with Crippen molar-refractivity contribution in [3.8, 4) is 16.9 Å². The summed E-state index contributed by atoms with van der Waals surface area (Å²) < 4.78 is 20.1. The van der Waals surface area contributed by atoms with Gasteiger partial charge in [0.25, 0.3) is 0 Å². The molecule has 21 heavy (non-hydrogen) atoms. The fourth-order valence-corrected chi connectivity index (χ4v) is 2.39. The maximum Gasteiger partial charge on any atom is 0.181 e. The minimum Gasteiger partial charge on any atom is -0.486 e. The molecule has 0 radical (unpaired) electrons. The van der Waals surface area contributed by atoms with Gasteiger partial charge in [-0.05, 0) is 37.1 Å². The zero-order chi connectivity index (χ0) is 14.8. The molecule has 0 amide bonds. The molecule has 2 nitrogen and oxygen atoms in total. The van der Waals surface area contributed by atoms with Crippen LogP contribution in [-0.2, 0) is 0 Å². The minimum absolute atomic E-state index is 0.104. The Bertz CT molecular complexity index is 769. The van der Waals surface area contributed by atoms with Gasteiger partial charge < -0.3 is 4.74 Å². The van der Waals surface area contributed by atoms with Gasteiger partial charge in [0.2, 0.25) is 0 Å². The molecule has 0 fully saturated rings. The van der Waals surface area contributed by atoms with Crippen LogP contribution in [-0.4, -0.2) is 11.1 Å². The number of pyridine rings is 1. The first-order chi connectivity index (χ1) is 10.2. The van der Waals surface area contributed by atoms with Gasteiger partial charge in [0.05, 0.1) is 6.10 Å². The van der Waals surface area contributed by atoms with Crippen LogP contribution < -0.4 is 4.74 Å². The van der Waals surface area contributed by atoms with E-state index in [1.807, 2.05) is 56.3 Å². The number of rotatable bonds is 3. The van der Waals surface area contributed by atoms with E-state index in [4.69, 9.17) is 4.74 Å². The Morgan fingerprint density at radius 3 is 2.52 bits per heavy atom. The van der Waals surface area contributed by atoms with Crippen molar-refractivity contribution in [1.29, 1.82) is 0 Å². The number of ether oxygens (including phenoxy) is 1.